The Kier molecular flexibility index (Phi) is 6.30. The van der Waals surface area contributed by atoms with Crippen LogP contribution >= 0.6 is 11.3 Å². The summed E-state index contributed by atoms with van der Waals surface area (Å²) in [6.07, 6.45) is -0.724. The molecule has 28 heavy (non-hydrogen) atoms. The second-order valence-corrected chi connectivity index (χ2v) is 6.88. The molecule has 2 N–H and O–H groups in total. The quantitative estimate of drug-likeness (QED) is 0.485. The Morgan fingerprint density at radius 3 is 2.57 bits per heavy atom. The van der Waals surface area contributed by atoms with Crippen molar-refractivity contribution >= 4 is 17.3 Å². The van der Waals surface area contributed by atoms with Crippen LogP contribution in [-0.4, -0.2) is 27.8 Å². The summed E-state index contributed by atoms with van der Waals surface area (Å²) in [5, 5.41) is 11.8. The third-order valence-electron chi connectivity index (χ3n) is 3.81. The van der Waals surface area contributed by atoms with Gasteiger partial charge in [-0.1, -0.05) is 30.3 Å². The van der Waals surface area contributed by atoms with E-state index >= 15 is 0 Å². The highest BCUT2D eigenvalue weighted by atomic mass is 32.1. The van der Waals surface area contributed by atoms with Crippen molar-refractivity contribution in [1.29, 1.82) is 0 Å². The van der Waals surface area contributed by atoms with Gasteiger partial charge < -0.3 is 10.6 Å². The maximum Gasteiger partial charge on any atom is 0.434 e. The summed E-state index contributed by atoms with van der Waals surface area (Å²) in [6, 6.07) is 10.0. The Morgan fingerprint density at radius 1 is 1.14 bits per heavy atom. The highest BCUT2D eigenvalue weighted by molar-refractivity contribution is 7.09. The van der Waals surface area contributed by atoms with Crippen LogP contribution < -0.4 is 10.6 Å². The van der Waals surface area contributed by atoms with E-state index in [0.29, 0.717) is 24.1 Å². The van der Waals surface area contributed by atoms with Gasteiger partial charge >= 0.3 is 6.18 Å². The number of aliphatic imine (C=N–C) groups is 1. The van der Waals surface area contributed by atoms with Crippen LogP contribution in [0.4, 0.5) is 13.2 Å². The zero-order valence-corrected chi connectivity index (χ0v) is 15.9. The molecule has 0 radical (unpaired) electrons. The minimum Gasteiger partial charge on any atom is -0.352 e. The van der Waals surface area contributed by atoms with Crippen molar-refractivity contribution in [3.63, 3.8) is 0 Å². The average Bonchev–Trinajstić information content (AvgIpc) is 3.32. The van der Waals surface area contributed by atoms with Crippen LogP contribution in [0.5, 0.6) is 0 Å². The van der Waals surface area contributed by atoms with Gasteiger partial charge in [0, 0.05) is 30.7 Å². The predicted molar refractivity (Wildman–Crippen MR) is 102 cm³/mol. The van der Waals surface area contributed by atoms with Crippen molar-refractivity contribution in [3.05, 3.63) is 69.9 Å². The predicted octanol–water partition coefficient (Wildman–Crippen LogP) is 3.27. The number of halogens is 3. The number of hydrogen-bond donors (Lipinski definition) is 2. The first-order chi connectivity index (χ1) is 13.4. The van der Waals surface area contributed by atoms with E-state index in [0.717, 1.165) is 27.8 Å². The van der Waals surface area contributed by atoms with Crippen LogP contribution in [0.3, 0.4) is 0 Å². The fourth-order valence-corrected chi connectivity index (χ4v) is 3.18. The SMILES string of the molecule is CN=C(NCc1cnn(Cc2ccccc2)c1)NCc1nc(C(F)(F)F)cs1. The minimum absolute atomic E-state index is 0.160. The largest absolute Gasteiger partial charge is 0.434 e. The third kappa shape index (κ3) is 5.56. The maximum absolute atomic E-state index is 12.6. The summed E-state index contributed by atoms with van der Waals surface area (Å²) in [4.78, 5) is 7.65. The van der Waals surface area contributed by atoms with Gasteiger partial charge in [0.25, 0.3) is 0 Å². The van der Waals surface area contributed by atoms with Gasteiger partial charge in [0.1, 0.15) is 5.01 Å². The van der Waals surface area contributed by atoms with Crippen LogP contribution in [0, 0.1) is 0 Å². The van der Waals surface area contributed by atoms with E-state index < -0.39 is 11.9 Å². The molecule has 0 aliphatic heterocycles. The number of thiazole rings is 1. The molecule has 3 aromatic rings. The van der Waals surface area contributed by atoms with E-state index in [-0.39, 0.29) is 6.54 Å². The number of alkyl halides is 3. The molecule has 0 saturated heterocycles. The van der Waals surface area contributed by atoms with Gasteiger partial charge in [-0.25, -0.2) is 4.98 Å². The lowest BCUT2D eigenvalue weighted by Gasteiger charge is -2.10. The van der Waals surface area contributed by atoms with Crippen LogP contribution in [0.15, 0.2) is 53.1 Å². The summed E-state index contributed by atoms with van der Waals surface area (Å²) in [5.41, 5.74) is 1.25. The molecule has 3 rings (SSSR count). The van der Waals surface area contributed by atoms with Crippen molar-refractivity contribution in [1.82, 2.24) is 25.4 Å². The molecular weight excluding hydrogens is 389 g/mol. The molecule has 0 bridgehead atoms. The molecule has 6 nitrogen and oxygen atoms in total. The molecule has 2 heterocycles. The van der Waals surface area contributed by atoms with E-state index in [1.165, 1.54) is 0 Å². The average molecular weight is 408 g/mol. The van der Waals surface area contributed by atoms with Crippen molar-refractivity contribution in [2.75, 3.05) is 7.05 Å². The number of benzene rings is 1. The van der Waals surface area contributed by atoms with Crippen molar-refractivity contribution < 1.29 is 13.2 Å². The number of nitrogens with one attached hydrogen (secondary N) is 2. The maximum atomic E-state index is 12.6. The number of nitrogens with zero attached hydrogens (tertiary/aromatic N) is 4. The third-order valence-corrected chi connectivity index (χ3v) is 4.66. The number of rotatable bonds is 6. The van der Waals surface area contributed by atoms with Crippen LogP contribution in [0.2, 0.25) is 0 Å². The Labute approximate surface area is 164 Å². The first-order valence-corrected chi connectivity index (χ1v) is 9.33. The van der Waals surface area contributed by atoms with Crippen LogP contribution in [0.25, 0.3) is 0 Å². The van der Waals surface area contributed by atoms with Gasteiger partial charge in [0.15, 0.2) is 11.7 Å². The molecular formula is C18H19F3N6S. The fraction of sp³-hybridized carbons (Fsp3) is 0.278. The first kappa shape index (κ1) is 19.9. The first-order valence-electron chi connectivity index (χ1n) is 8.45. The lowest BCUT2D eigenvalue weighted by Crippen LogP contribution is -2.36. The van der Waals surface area contributed by atoms with E-state index in [9.17, 15) is 13.2 Å². The fourth-order valence-electron chi connectivity index (χ4n) is 2.44. The molecule has 2 aromatic heterocycles. The zero-order valence-electron chi connectivity index (χ0n) is 15.1. The molecule has 0 amide bonds. The molecule has 0 atom stereocenters. The number of guanidine groups is 1. The normalized spacial score (nSPS) is 12.2. The summed E-state index contributed by atoms with van der Waals surface area (Å²) in [5.74, 6) is 0.472. The molecule has 10 heteroatoms. The molecule has 0 unspecified atom stereocenters. The second kappa shape index (κ2) is 8.87. The van der Waals surface area contributed by atoms with Gasteiger partial charge in [0.05, 0.1) is 19.3 Å². The van der Waals surface area contributed by atoms with E-state index in [2.05, 4.69) is 25.7 Å². The standard InChI is InChI=1S/C18H19F3N6S/c1-22-17(24-9-16-26-15(12-28-16)18(19,20)21)23-7-14-8-25-27(11-14)10-13-5-3-2-4-6-13/h2-6,8,11-12H,7,9-10H2,1H3,(H2,22,23,24). The van der Waals surface area contributed by atoms with Gasteiger partial charge in [0.2, 0.25) is 0 Å². The molecule has 1 aromatic carbocycles. The summed E-state index contributed by atoms with van der Waals surface area (Å²) in [7, 11) is 1.59. The van der Waals surface area contributed by atoms with Gasteiger partial charge in [-0.2, -0.15) is 18.3 Å². The van der Waals surface area contributed by atoms with E-state index in [1.807, 2.05) is 41.2 Å². The topological polar surface area (TPSA) is 67.1 Å². The Morgan fingerprint density at radius 2 is 1.89 bits per heavy atom. The van der Waals surface area contributed by atoms with E-state index in [4.69, 9.17) is 0 Å². The lowest BCUT2D eigenvalue weighted by atomic mass is 10.2. The van der Waals surface area contributed by atoms with Gasteiger partial charge in [-0.15, -0.1) is 11.3 Å². The molecule has 0 aliphatic rings. The van der Waals surface area contributed by atoms with Crippen molar-refractivity contribution in [2.24, 2.45) is 4.99 Å². The molecule has 0 saturated carbocycles. The lowest BCUT2D eigenvalue weighted by molar-refractivity contribution is -0.140. The summed E-state index contributed by atoms with van der Waals surface area (Å²) < 4.78 is 39.6. The van der Waals surface area contributed by atoms with E-state index in [1.54, 1.807) is 13.2 Å². The molecule has 0 aliphatic carbocycles. The van der Waals surface area contributed by atoms with Gasteiger partial charge in [-0.3, -0.25) is 9.67 Å². The van der Waals surface area contributed by atoms with Crippen LogP contribution in [-0.2, 0) is 25.8 Å². The monoisotopic (exact) mass is 408 g/mol. The Bertz CT molecular complexity index is 917. The minimum atomic E-state index is -4.42. The van der Waals surface area contributed by atoms with Crippen molar-refractivity contribution in [2.45, 2.75) is 25.8 Å². The smallest absolute Gasteiger partial charge is 0.352 e. The Hall–Kier alpha value is -2.88. The number of hydrogen-bond acceptors (Lipinski definition) is 4. The highest BCUT2D eigenvalue weighted by Crippen LogP contribution is 2.29. The summed E-state index contributed by atoms with van der Waals surface area (Å²) >= 11 is 0.958. The molecule has 148 valence electrons. The molecule has 0 spiro atoms. The van der Waals surface area contributed by atoms with Crippen LogP contribution in [0.1, 0.15) is 21.8 Å². The zero-order chi connectivity index (χ0) is 20.0. The number of aromatic nitrogens is 3. The molecule has 0 fully saturated rings. The Balaban J connectivity index is 1.48. The van der Waals surface area contributed by atoms with Gasteiger partial charge in [-0.05, 0) is 5.56 Å². The summed E-state index contributed by atoms with van der Waals surface area (Å²) in [6.45, 7) is 1.33. The van der Waals surface area contributed by atoms with Crippen molar-refractivity contribution in [3.8, 4) is 0 Å². The second-order valence-electron chi connectivity index (χ2n) is 5.94. The highest BCUT2D eigenvalue weighted by Gasteiger charge is 2.33.